The lowest BCUT2D eigenvalue weighted by atomic mass is 10.1. The number of nitrogens with zero attached hydrogens (tertiary/aromatic N) is 2. The van der Waals surface area contributed by atoms with Gasteiger partial charge in [-0.25, -0.2) is 14.2 Å². The molecule has 0 atom stereocenters. The van der Waals surface area contributed by atoms with Crippen LogP contribution in [0.5, 0.6) is 0 Å². The number of carbonyl (C=O) groups is 1. The minimum atomic E-state index is -0.467. The molecule has 0 amide bonds. The predicted octanol–water partition coefficient (Wildman–Crippen LogP) is 4.68. The highest BCUT2D eigenvalue weighted by Crippen LogP contribution is 2.25. The lowest BCUT2D eigenvalue weighted by Gasteiger charge is -2.17. The Morgan fingerprint density at radius 2 is 1.85 bits per heavy atom. The number of aromatic nitrogens is 2. The van der Waals surface area contributed by atoms with Gasteiger partial charge in [0.2, 0.25) is 0 Å². The first kappa shape index (κ1) is 18.9. The zero-order valence-electron chi connectivity index (χ0n) is 15.0. The fourth-order valence-corrected chi connectivity index (χ4v) is 2.80. The fraction of sp³-hybridized carbons (Fsp3) is 0.200. The number of halogens is 2. The van der Waals surface area contributed by atoms with Crippen LogP contribution in [0.4, 0.5) is 10.1 Å². The molecule has 3 aromatic rings. The molecule has 0 aliphatic carbocycles. The Hall–Kier alpha value is -2.86. The van der Waals surface area contributed by atoms with E-state index >= 15 is 0 Å². The van der Waals surface area contributed by atoms with E-state index < -0.39 is 5.97 Å². The standard InChI is InChI=1S/C20H19ClFN3O2/c1-3-27-20(26)19-18(13-4-6-14(21)7-5-13)23-17(24-19)12-25(2)16-10-8-15(22)9-11-16/h4-11H,3,12H2,1-2H3,(H,23,24). The van der Waals surface area contributed by atoms with Crippen LogP contribution in [-0.4, -0.2) is 29.6 Å². The quantitative estimate of drug-likeness (QED) is 0.624. The van der Waals surface area contributed by atoms with Crippen molar-refractivity contribution in [3.05, 3.63) is 70.9 Å². The number of imidazole rings is 1. The van der Waals surface area contributed by atoms with Crippen molar-refractivity contribution in [3.63, 3.8) is 0 Å². The van der Waals surface area contributed by atoms with Gasteiger partial charge in [0.25, 0.3) is 0 Å². The number of esters is 1. The van der Waals surface area contributed by atoms with Crippen LogP contribution in [0.15, 0.2) is 48.5 Å². The highest BCUT2D eigenvalue weighted by Gasteiger charge is 2.20. The minimum absolute atomic E-state index is 0.267. The van der Waals surface area contributed by atoms with Crippen molar-refractivity contribution in [2.24, 2.45) is 0 Å². The maximum Gasteiger partial charge on any atom is 0.357 e. The summed E-state index contributed by atoms with van der Waals surface area (Å²) in [6.07, 6.45) is 0. The van der Waals surface area contributed by atoms with E-state index in [1.54, 1.807) is 43.3 Å². The van der Waals surface area contributed by atoms with E-state index in [0.29, 0.717) is 28.8 Å². The molecule has 2 aromatic carbocycles. The van der Waals surface area contributed by atoms with Crippen molar-refractivity contribution < 1.29 is 13.9 Å². The zero-order valence-corrected chi connectivity index (χ0v) is 15.8. The molecular formula is C20H19ClFN3O2. The Balaban J connectivity index is 1.91. The van der Waals surface area contributed by atoms with Crippen LogP contribution in [0, 0.1) is 5.82 Å². The molecule has 0 bridgehead atoms. The van der Waals surface area contributed by atoms with Crippen molar-refractivity contribution in [2.75, 3.05) is 18.6 Å². The number of nitrogens with one attached hydrogen (secondary N) is 1. The third-order valence-corrected chi connectivity index (χ3v) is 4.26. The second-order valence-electron chi connectivity index (χ2n) is 5.97. The summed E-state index contributed by atoms with van der Waals surface area (Å²) in [6.45, 7) is 2.42. The Morgan fingerprint density at radius 1 is 1.19 bits per heavy atom. The summed E-state index contributed by atoms with van der Waals surface area (Å²) < 4.78 is 18.3. The van der Waals surface area contributed by atoms with E-state index in [0.717, 1.165) is 11.3 Å². The normalized spacial score (nSPS) is 10.7. The Kier molecular flexibility index (Phi) is 5.76. The summed E-state index contributed by atoms with van der Waals surface area (Å²) in [5.41, 5.74) is 2.39. The van der Waals surface area contributed by atoms with Gasteiger partial charge >= 0.3 is 5.97 Å². The lowest BCUT2D eigenvalue weighted by Crippen LogP contribution is -2.17. The molecule has 140 valence electrons. The SMILES string of the molecule is CCOC(=O)c1[nH]c(CN(C)c2ccc(F)cc2)nc1-c1ccc(Cl)cc1. The first-order chi connectivity index (χ1) is 13.0. The molecule has 0 spiro atoms. The molecule has 0 unspecified atom stereocenters. The highest BCUT2D eigenvalue weighted by molar-refractivity contribution is 6.30. The van der Waals surface area contributed by atoms with E-state index in [1.165, 1.54) is 12.1 Å². The van der Waals surface area contributed by atoms with Crippen molar-refractivity contribution in [2.45, 2.75) is 13.5 Å². The Labute approximate surface area is 161 Å². The molecule has 5 nitrogen and oxygen atoms in total. The molecule has 1 aromatic heterocycles. The number of benzene rings is 2. The molecule has 0 fully saturated rings. The number of hydrogen-bond acceptors (Lipinski definition) is 4. The van der Waals surface area contributed by atoms with Gasteiger partial charge in [-0.3, -0.25) is 0 Å². The monoisotopic (exact) mass is 387 g/mol. The summed E-state index contributed by atoms with van der Waals surface area (Å²) in [7, 11) is 1.86. The molecular weight excluding hydrogens is 369 g/mol. The van der Waals surface area contributed by atoms with Gasteiger partial charge < -0.3 is 14.6 Å². The lowest BCUT2D eigenvalue weighted by molar-refractivity contribution is 0.0521. The van der Waals surface area contributed by atoms with Gasteiger partial charge in [0.05, 0.1) is 13.2 Å². The van der Waals surface area contributed by atoms with E-state index in [9.17, 15) is 9.18 Å². The van der Waals surface area contributed by atoms with E-state index in [4.69, 9.17) is 16.3 Å². The number of rotatable bonds is 6. The number of aromatic amines is 1. The average Bonchev–Trinajstić information content (AvgIpc) is 3.07. The van der Waals surface area contributed by atoms with E-state index in [1.807, 2.05) is 11.9 Å². The number of ether oxygens (including phenoxy) is 1. The molecule has 0 aliphatic heterocycles. The van der Waals surface area contributed by atoms with Crippen molar-refractivity contribution in [1.82, 2.24) is 9.97 Å². The first-order valence-corrected chi connectivity index (χ1v) is 8.84. The smallest absolute Gasteiger partial charge is 0.357 e. The van der Waals surface area contributed by atoms with Gasteiger partial charge in [-0.05, 0) is 43.3 Å². The van der Waals surface area contributed by atoms with Crippen LogP contribution in [-0.2, 0) is 11.3 Å². The van der Waals surface area contributed by atoms with E-state index in [-0.39, 0.29) is 12.4 Å². The van der Waals surface area contributed by atoms with Gasteiger partial charge in [-0.15, -0.1) is 0 Å². The van der Waals surface area contributed by atoms with Gasteiger partial charge in [0.15, 0.2) is 5.69 Å². The summed E-state index contributed by atoms with van der Waals surface area (Å²) >= 11 is 5.95. The minimum Gasteiger partial charge on any atom is -0.461 e. The van der Waals surface area contributed by atoms with Gasteiger partial charge in [0, 0.05) is 23.3 Å². The van der Waals surface area contributed by atoms with Gasteiger partial charge in [-0.1, -0.05) is 23.7 Å². The van der Waals surface area contributed by atoms with Crippen LogP contribution >= 0.6 is 11.6 Å². The maximum atomic E-state index is 13.1. The summed E-state index contributed by atoms with van der Waals surface area (Å²) in [4.78, 5) is 21.9. The highest BCUT2D eigenvalue weighted by atomic mass is 35.5. The number of hydrogen-bond donors (Lipinski definition) is 1. The molecule has 0 saturated heterocycles. The topological polar surface area (TPSA) is 58.2 Å². The Bertz CT molecular complexity index is 923. The second kappa shape index (κ2) is 8.22. The molecule has 0 aliphatic rings. The second-order valence-corrected chi connectivity index (χ2v) is 6.40. The van der Waals surface area contributed by atoms with Crippen LogP contribution in [0.1, 0.15) is 23.2 Å². The van der Waals surface area contributed by atoms with Crippen LogP contribution in [0.3, 0.4) is 0 Å². The van der Waals surface area contributed by atoms with Crippen molar-refractivity contribution in [3.8, 4) is 11.3 Å². The van der Waals surface area contributed by atoms with Gasteiger partial charge in [0.1, 0.15) is 17.3 Å². The van der Waals surface area contributed by atoms with Crippen molar-refractivity contribution in [1.29, 1.82) is 0 Å². The Morgan fingerprint density at radius 3 is 2.48 bits per heavy atom. The van der Waals surface area contributed by atoms with E-state index in [2.05, 4.69) is 9.97 Å². The summed E-state index contributed by atoms with van der Waals surface area (Å²) in [6, 6.07) is 13.3. The predicted molar refractivity (Wildman–Crippen MR) is 103 cm³/mol. The molecule has 1 N–H and O–H groups in total. The summed E-state index contributed by atoms with van der Waals surface area (Å²) in [5.74, 6) is -0.166. The average molecular weight is 388 g/mol. The fourth-order valence-electron chi connectivity index (χ4n) is 2.68. The number of carbonyl (C=O) groups excluding carboxylic acids is 1. The van der Waals surface area contributed by atoms with Crippen LogP contribution in [0.2, 0.25) is 5.02 Å². The largest absolute Gasteiger partial charge is 0.461 e. The zero-order chi connectivity index (χ0) is 19.4. The molecule has 3 rings (SSSR count). The summed E-state index contributed by atoms with van der Waals surface area (Å²) in [5, 5.41) is 0.600. The molecule has 27 heavy (non-hydrogen) atoms. The van der Waals surface area contributed by atoms with Crippen LogP contribution < -0.4 is 4.90 Å². The third kappa shape index (κ3) is 4.46. The number of H-pyrrole nitrogens is 1. The molecule has 0 saturated carbocycles. The molecule has 1 heterocycles. The molecule has 0 radical (unpaired) electrons. The first-order valence-electron chi connectivity index (χ1n) is 8.46. The van der Waals surface area contributed by atoms with Crippen LogP contribution in [0.25, 0.3) is 11.3 Å². The number of anilines is 1. The molecule has 7 heteroatoms. The van der Waals surface area contributed by atoms with Gasteiger partial charge in [-0.2, -0.15) is 0 Å². The maximum absolute atomic E-state index is 13.1. The third-order valence-electron chi connectivity index (χ3n) is 4.00. The van der Waals surface area contributed by atoms with Crippen molar-refractivity contribution >= 4 is 23.3 Å².